The Morgan fingerprint density at radius 2 is 2.09 bits per heavy atom. The molecule has 0 bridgehead atoms. The van der Waals surface area contributed by atoms with E-state index in [9.17, 15) is 4.79 Å². The third kappa shape index (κ3) is 1.88. The van der Waals surface area contributed by atoms with E-state index in [1.807, 2.05) is 18.2 Å². The zero-order valence-corrected chi connectivity index (χ0v) is 6.29. The first-order chi connectivity index (χ1) is 5.38. The van der Waals surface area contributed by atoms with Crippen LogP contribution in [-0.2, 0) is 6.42 Å². The van der Waals surface area contributed by atoms with Gasteiger partial charge < -0.3 is 5.73 Å². The van der Waals surface area contributed by atoms with Gasteiger partial charge >= 0.3 is 0 Å². The highest BCUT2D eigenvalue weighted by Crippen LogP contribution is 2.05. The first kappa shape index (κ1) is 7.95. The molecule has 58 valence electrons. The molecule has 2 N–H and O–H groups in total. The molecule has 0 heterocycles. The lowest BCUT2D eigenvalue weighted by Crippen LogP contribution is -2.04. The minimum absolute atomic E-state index is 0.588. The van der Waals surface area contributed by atoms with Gasteiger partial charge in [0.15, 0.2) is 0 Å². The minimum atomic E-state index is 0.588. The Morgan fingerprint density at radius 3 is 2.73 bits per heavy atom. The van der Waals surface area contributed by atoms with Gasteiger partial charge in [-0.15, -0.1) is 0 Å². The highest BCUT2D eigenvalue weighted by molar-refractivity contribution is 5.77. The smallest absolute Gasteiger partial charge is 0.150 e. The fourth-order valence-corrected chi connectivity index (χ4v) is 1.03. The van der Waals surface area contributed by atoms with E-state index in [-0.39, 0.29) is 0 Å². The maximum atomic E-state index is 10.5. The van der Waals surface area contributed by atoms with Gasteiger partial charge in [0, 0.05) is 5.56 Å². The summed E-state index contributed by atoms with van der Waals surface area (Å²) in [7, 11) is 0. The summed E-state index contributed by atoms with van der Waals surface area (Å²) < 4.78 is 0. The van der Waals surface area contributed by atoms with E-state index in [4.69, 9.17) is 5.73 Å². The number of aldehydes is 1. The molecule has 0 spiro atoms. The lowest BCUT2D eigenvalue weighted by Gasteiger charge is -2.00. The molecule has 0 amide bonds. The SMILES string of the molecule is NCCc1ccccc1C=O. The largest absolute Gasteiger partial charge is 0.330 e. The van der Waals surface area contributed by atoms with Crippen molar-refractivity contribution in [3.63, 3.8) is 0 Å². The highest BCUT2D eigenvalue weighted by atomic mass is 16.1. The average molecular weight is 149 g/mol. The lowest BCUT2D eigenvalue weighted by molar-refractivity contribution is 0.112. The topological polar surface area (TPSA) is 43.1 Å². The molecule has 1 rings (SSSR count). The Hall–Kier alpha value is -1.15. The summed E-state index contributed by atoms with van der Waals surface area (Å²) in [5.41, 5.74) is 7.15. The molecule has 1 aromatic carbocycles. The van der Waals surface area contributed by atoms with Gasteiger partial charge in [-0.2, -0.15) is 0 Å². The summed E-state index contributed by atoms with van der Waals surface area (Å²) in [5.74, 6) is 0. The Bertz CT molecular complexity index is 245. The zero-order valence-electron chi connectivity index (χ0n) is 6.29. The van der Waals surface area contributed by atoms with Gasteiger partial charge in [0.1, 0.15) is 6.29 Å². The Balaban J connectivity index is 2.92. The molecule has 0 aliphatic carbocycles. The van der Waals surface area contributed by atoms with Crippen LogP contribution >= 0.6 is 0 Å². The molecule has 0 atom stereocenters. The van der Waals surface area contributed by atoms with Crippen LogP contribution in [0.4, 0.5) is 0 Å². The van der Waals surface area contributed by atoms with Crippen LogP contribution in [0.2, 0.25) is 0 Å². The number of benzene rings is 1. The predicted molar refractivity (Wildman–Crippen MR) is 44.6 cm³/mol. The van der Waals surface area contributed by atoms with E-state index in [0.29, 0.717) is 6.54 Å². The van der Waals surface area contributed by atoms with Crippen molar-refractivity contribution >= 4 is 6.29 Å². The molecule has 0 fully saturated rings. The van der Waals surface area contributed by atoms with Crippen LogP contribution in [0.3, 0.4) is 0 Å². The second-order valence-electron chi connectivity index (χ2n) is 2.36. The van der Waals surface area contributed by atoms with Crippen molar-refractivity contribution in [3.8, 4) is 0 Å². The molecule has 0 aliphatic heterocycles. The summed E-state index contributed by atoms with van der Waals surface area (Å²) >= 11 is 0. The summed E-state index contributed by atoms with van der Waals surface area (Å²) in [6.07, 6.45) is 1.64. The van der Waals surface area contributed by atoms with Gasteiger partial charge in [-0.1, -0.05) is 24.3 Å². The molecule has 0 aromatic heterocycles. The van der Waals surface area contributed by atoms with Crippen molar-refractivity contribution in [2.75, 3.05) is 6.54 Å². The van der Waals surface area contributed by atoms with Gasteiger partial charge in [-0.25, -0.2) is 0 Å². The third-order valence-electron chi connectivity index (χ3n) is 1.60. The standard InChI is InChI=1S/C9H11NO/c10-6-5-8-3-1-2-4-9(8)7-11/h1-4,7H,5-6,10H2. The van der Waals surface area contributed by atoms with Gasteiger partial charge in [0.05, 0.1) is 0 Å². The quantitative estimate of drug-likeness (QED) is 0.651. The van der Waals surface area contributed by atoms with Crippen LogP contribution in [0.25, 0.3) is 0 Å². The maximum absolute atomic E-state index is 10.5. The molecule has 0 saturated heterocycles. The van der Waals surface area contributed by atoms with Crippen molar-refractivity contribution in [1.82, 2.24) is 0 Å². The molecule has 0 saturated carbocycles. The molecular weight excluding hydrogens is 138 g/mol. The second kappa shape index (κ2) is 3.88. The molecule has 11 heavy (non-hydrogen) atoms. The molecule has 2 heteroatoms. The van der Waals surface area contributed by atoms with Gasteiger partial charge in [-0.3, -0.25) is 4.79 Å². The fraction of sp³-hybridized carbons (Fsp3) is 0.222. The van der Waals surface area contributed by atoms with Crippen LogP contribution in [0.5, 0.6) is 0 Å². The van der Waals surface area contributed by atoms with Crippen LogP contribution in [0, 0.1) is 0 Å². The molecule has 0 radical (unpaired) electrons. The maximum Gasteiger partial charge on any atom is 0.150 e. The fourth-order valence-electron chi connectivity index (χ4n) is 1.03. The Kier molecular flexibility index (Phi) is 2.81. The van der Waals surface area contributed by atoms with Gasteiger partial charge in [-0.05, 0) is 18.5 Å². The van der Waals surface area contributed by atoms with Crippen LogP contribution in [0.15, 0.2) is 24.3 Å². The number of nitrogens with two attached hydrogens (primary N) is 1. The van der Waals surface area contributed by atoms with Crippen molar-refractivity contribution in [3.05, 3.63) is 35.4 Å². The normalized spacial score (nSPS) is 9.55. The number of carbonyl (C=O) groups excluding carboxylic acids is 1. The first-order valence-corrected chi connectivity index (χ1v) is 3.61. The van der Waals surface area contributed by atoms with Crippen molar-refractivity contribution < 1.29 is 4.79 Å². The number of carbonyl (C=O) groups is 1. The number of rotatable bonds is 3. The van der Waals surface area contributed by atoms with Crippen LogP contribution in [-0.4, -0.2) is 12.8 Å². The first-order valence-electron chi connectivity index (χ1n) is 3.61. The van der Waals surface area contributed by atoms with E-state index >= 15 is 0 Å². The van der Waals surface area contributed by atoms with E-state index in [2.05, 4.69) is 0 Å². The number of hydrogen-bond donors (Lipinski definition) is 1. The molecule has 0 unspecified atom stereocenters. The summed E-state index contributed by atoms with van der Waals surface area (Å²) in [4.78, 5) is 10.5. The highest BCUT2D eigenvalue weighted by Gasteiger charge is 1.96. The zero-order chi connectivity index (χ0) is 8.10. The van der Waals surface area contributed by atoms with Crippen molar-refractivity contribution in [1.29, 1.82) is 0 Å². The second-order valence-corrected chi connectivity index (χ2v) is 2.36. The van der Waals surface area contributed by atoms with Crippen molar-refractivity contribution in [2.45, 2.75) is 6.42 Å². The van der Waals surface area contributed by atoms with Gasteiger partial charge in [0.2, 0.25) is 0 Å². The monoisotopic (exact) mass is 149 g/mol. The Labute approximate surface area is 66.0 Å². The van der Waals surface area contributed by atoms with Crippen LogP contribution < -0.4 is 5.73 Å². The van der Waals surface area contributed by atoms with E-state index in [1.54, 1.807) is 6.07 Å². The Morgan fingerprint density at radius 1 is 1.36 bits per heavy atom. The van der Waals surface area contributed by atoms with Gasteiger partial charge in [0.25, 0.3) is 0 Å². The molecular formula is C9H11NO. The van der Waals surface area contributed by atoms with E-state index in [0.717, 1.165) is 23.8 Å². The summed E-state index contributed by atoms with van der Waals surface area (Å²) in [6.45, 7) is 0.588. The molecule has 0 aliphatic rings. The molecule has 1 aromatic rings. The van der Waals surface area contributed by atoms with E-state index < -0.39 is 0 Å². The average Bonchev–Trinajstić information content (AvgIpc) is 2.06. The lowest BCUT2D eigenvalue weighted by atomic mass is 10.1. The van der Waals surface area contributed by atoms with Crippen molar-refractivity contribution in [2.24, 2.45) is 5.73 Å². The van der Waals surface area contributed by atoms with Crippen LogP contribution in [0.1, 0.15) is 15.9 Å². The summed E-state index contributed by atoms with van der Waals surface area (Å²) in [5, 5.41) is 0. The third-order valence-corrected chi connectivity index (χ3v) is 1.60. The minimum Gasteiger partial charge on any atom is -0.330 e. The summed E-state index contributed by atoms with van der Waals surface area (Å²) in [6, 6.07) is 7.50. The molecule has 2 nitrogen and oxygen atoms in total. The number of hydrogen-bond acceptors (Lipinski definition) is 2. The van der Waals surface area contributed by atoms with E-state index in [1.165, 1.54) is 0 Å². The predicted octanol–water partition coefficient (Wildman–Crippen LogP) is 1.00.